The van der Waals surface area contributed by atoms with E-state index in [1.165, 1.54) is 14.0 Å². The number of H-pyrrole nitrogens is 1. The van der Waals surface area contributed by atoms with Gasteiger partial charge >= 0.3 is 5.97 Å². The lowest BCUT2D eigenvalue weighted by Crippen LogP contribution is -2.44. The van der Waals surface area contributed by atoms with Crippen LogP contribution in [-0.2, 0) is 9.53 Å². The number of aryl methyl sites for hydroxylation is 1. The standard InChI is InChI=1S/C17H26N2O4/c1-9(2)8-19(13(6)20)12(5)16(21)14-10(3)15(17(22)23-7)18-11(14)4/h9,12,18H,8H2,1-7H3. The van der Waals surface area contributed by atoms with Crippen LogP contribution in [0.3, 0.4) is 0 Å². The van der Waals surface area contributed by atoms with Crippen molar-refractivity contribution in [3.63, 3.8) is 0 Å². The molecule has 23 heavy (non-hydrogen) atoms. The molecule has 0 radical (unpaired) electrons. The number of hydrogen-bond acceptors (Lipinski definition) is 4. The highest BCUT2D eigenvalue weighted by Gasteiger charge is 2.30. The number of carbonyl (C=O) groups is 3. The first-order chi connectivity index (χ1) is 10.6. The molecule has 128 valence electrons. The lowest BCUT2D eigenvalue weighted by atomic mass is 9.99. The Bertz CT molecular complexity index is 616. The molecule has 1 aromatic heterocycles. The Morgan fingerprint density at radius 2 is 1.74 bits per heavy atom. The third kappa shape index (κ3) is 4.00. The zero-order chi connectivity index (χ0) is 17.9. The van der Waals surface area contributed by atoms with Crippen molar-refractivity contribution in [3.8, 4) is 0 Å². The van der Waals surface area contributed by atoms with Crippen molar-refractivity contribution in [2.24, 2.45) is 5.92 Å². The van der Waals surface area contributed by atoms with E-state index in [4.69, 9.17) is 4.74 Å². The fourth-order valence-electron chi connectivity index (χ4n) is 2.73. The minimum absolute atomic E-state index is 0.140. The van der Waals surface area contributed by atoms with Crippen molar-refractivity contribution in [2.75, 3.05) is 13.7 Å². The number of rotatable bonds is 6. The summed E-state index contributed by atoms with van der Waals surface area (Å²) in [6.45, 7) is 11.1. The SMILES string of the molecule is COC(=O)c1[nH]c(C)c(C(=O)C(C)N(CC(C)C)C(C)=O)c1C. The minimum Gasteiger partial charge on any atom is -0.464 e. The number of methoxy groups -OCH3 is 1. The van der Waals surface area contributed by atoms with Gasteiger partial charge in [0.05, 0.1) is 13.2 Å². The highest BCUT2D eigenvalue weighted by Crippen LogP contribution is 2.22. The number of nitrogens with zero attached hydrogens (tertiary/aromatic N) is 1. The molecule has 6 heteroatoms. The maximum Gasteiger partial charge on any atom is 0.354 e. The molecule has 1 atom stereocenters. The smallest absolute Gasteiger partial charge is 0.354 e. The summed E-state index contributed by atoms with van der Waals surface area (Å²) in [5, 5.41) is 0. The molecule has 0 aliphatic rings. The van der Waals surface area contributed by atoms with Crippen LogP contribution in [-0.4, -0.2) is 47.2 Å². The van der Waals surface area contributed by atoms with Crippen LogP contribution >= 0.6 is 0 Å². The fraction of sp³-hybridized carbons (Fsp3) is 0.588. The molecule has 0 bridgehead atoms. The van der Waals surface area contributed by atoms with Gasteiger partial charge in [0, 0.05) is 24.7 Å². The van der Waals surface area contributed by atoms with Crippen molar-refractivity contribution in [1.82, 2.24) is 9.88 Å². The summed E-state index contributed by atoms with van der Waals surface area (Å²) in [4.78, 5) is 41.0. The molecule has 1 N–H and O–H groups in total. The molecule has 1 aromatic rings. The molecule has 0 aliphatic heterocycles. The third-order valence-corrected chi connectivity index (χ3v) is 3.89. The van der Waals surface area contributed by atoms with E-state index in [0.717, 1.165) is 0 Å². The third-order valence-electron chi connectivity index (χ3n) is 3.89. The number of aromatic nitrogens is 1. The molecular weight excluding hydrogens is 296 g/mol. The van der Waals surface area contributed by atoms with Crippen LogP contribution in [0.5, 0.6) is 0 Å². The molecule has 6 nitrogen and oxygen atoms in total. The summed E-state index contributed by atoms with van der Waals surface area (Å²) in [7, 11) is 1.29. The Hall–Kier alpha value is -2.11. The number of carbonyl (C=O) groups excluding carboxylic acids is 3. The van der Waals surface area contributed by atoms with E-state index in [0.29, 0.717) is 23.4 Å². The topological polar surface area (TPSA) is 79.5 Å². The molecule has 0 saturated carbocycles. The lowest BCUT2D eigenvalue weighted by Gasteiger charge is -2.29. The van der Waals surface area contributed by atoms with Crippen molar-refractivity contribution in [1.29, 1.82) is 0 Å². The van der Waals surface area contributed by atoms with Crippen molar-refractivity contribution >= 4 is 17.7 Å². The molecule has 0 aromatic carbocycles. The van der Waals surface area contributed by atoms with Gasteiger partial charge in [0.2, 0.25) is 5.91 Å². The average molecular weight is 322 g/mol. The Kier molecular flexibility index (Phi) is 6.12. The number of ether oxygens (including phenoxy) is 1. The summed E-state index contributed by atoms with van der Waals surface area (Å²) in [6, 6.07) is -0.589. The first-order valence-electron chi connectivity index (χ1n) is 7.70. The van der Waals surface area contributed by atoms with E-state index in [1.54, 1.807) is 25.7 Å². The second-order valence-corrected chi connectivity index (χ2v) is 6.22. The van der Waals surface area contributed by atoms with E-state index in [9.17, 15) is 14.4 Å². The number of hydrogen-bond donors (Lipinski definition) is 1. The molecule has 0 spiro atoms. The maximum absolute atomic E-state index is 12.9. The van der Waals surface area contributed by atoms with Crippen LogP contribution in [0.25, 0.3) is 0 Å². The number of esters is 1. The van der Waals surface area contributed by atoms with Crippen LogP contribution in [0, 0.1) is 19.8 Å². The molecule has 1 amide bonds. The Morgan fingerprint density at radius 1 is 1.17 bits per heavy atom. The Morgan fingerprint density at radius 3 is 2.17 bits per heavy atom. The van der Waals surface area contributed by atoms with Gasteiger partial charge in [-0.3, -0.25) is 9.59 Å². The summed E-state index contributed by atoms with van der Waals surface area (Å²) in [6.07, 6.45) is 0. The molecule has 1 heterocycles. The van der Waals surface area contributed by atoms with Crippen LogP contribution in [0.1, 0.15) is 59.8 Å². The van der Waals surface area contributed by atoms with Gasteiger partial charge in [-0.15, -0.1) is 0 Å². The second kappa shape index (κ2) is 7.44. The normalized spacial score (nSPS) is 12.2. The second-order valence-electron chi connectivity index (χ2n) is 6.22. The molecule has 0 saturated heterocycles. The van der Waals surface area contributed by atoms with Crippen molar-refractivity contribution in [2.45, 2.75) is 47.6 Å². The van der Waals surface area contributed by atoms with Gasteiger partial charge in [0.15, 0.2) is 5.78 Å². The Labute approximate surface area is 137 Å². The van der Waals surface area contributed by atoms with Crippen molar-refractivity contribution in [3.05, 3.63) is 22.5 Å². The molecule has 1 rings (SSSR count). The van der Waals surface area contributed by atoms with Gasteiger partial charge < -0.3 is 14.6 Å². The largest absolute Gasteiger partial charge is 0.464 e. The average Bonchev–Trinajstić information content (AvgIpc) is 2.77. The quantitative estimate of drug-likeness (QED) is 0.644. The molecule has 1 unspecified atom stereocenters. The van der Waals surface area contributed by atoms with Crippen LogP contribution in [0.15, 0.2) is 0 Å². The number of nitrogens with one attached hydrogen (secondary N) is 1. The van der Waals surface area contributed by atoms with E-state index in [2.05, 4.69) is 4.98 Å². The predicted molar refractivity (Wildman–Crippen MR) is 87.6 cm³/mol. The lowest BCUT2D eigenvalue weighted by molar-refractivity contribution is -0.130. The number of amides is 1. The van der Waals surface area contributed by atoms with E-state index < -0.39 is 12.0 Å². The van der Waals surface area contributed by atoms with Gasteiger partial charge in [0.1, 0.15) is 5.69 Å². The summed E-state index contributed by atoms with van der Waals surface area (Å²) < 4.78 is 4.72. The maximum atomic E-state index is 12.9. The summed E-state index contributed by atoms with van der Waals surface area (Å²) in [5.41, 5.74) is 1.89. The number of Topliss-reactive ketones (excluding diaryl/α,β-unsaturated/α-hetero) is 1. The van der Waals surface area contributed by atoms with Crippen LogP contribution < -0.4 is 0 Å². The van der Waals surface area contributed by atoms with Crippen molar-refractivity contribution < 1.29 is 19.1 Å². The minimum atomic E-state index is -0.589. The number of ketones is 1. The van der Waals surface area contributed by atoms with Gasteiger partial charge in [-0.05, 0) is 32.3 Å². The monoisotopic (exact) mass is 322 g/mol. The molecular formula is C17H26N2O4. The summed E-state index contributed by atoms with van der Waals surface area (Å²) >= 11 is 0. The van der Waals surface area contributed by atoms with Crippen LogP contribution in [0.2, 0.25) is 0 Å². The van der Waals surface area contributed by atoms with E-state index in [-0.39, 0.29) is 23.3 Å². The van der Waals surface area contributed by atoms with Gasteiger partial charge in [-0.1, -0.05) is 13.8 Å². The zero-order valence-corrected chi connectivity index (χ0v) is 14.9. The fourth-order valence-corrected chi connectivity index (χ4v) is 2.73. The van der Waals surface area contributed by atoms with E-state index >= 15 is 0 Å². The highest BCUT2D eigenvalue weighted by atomic mass is 16.5. The van der Waals surface area contributed by atoms with Gasteiger partial charge in [-0.25, -0.2) is 4.79 Å². The molecule has 0 aliphatic carbocycles. The number of aromatic amines is 1. The van der Waals surface area contributed by atoms with Crippen LogP contribution in [0.4, 0.5) is 0 Å². The van der Waals surface area contributed by atoms with Gasteiger partial charge in [-0.2, -0.15) is 0 Å². The Balaban J connectivity index is 3.20. The first kappa shape index (κ1) is 18.9. The predicted octanol–water partition coefficient (Wildman–Crippen LogP) is 2.49. The summed E-state index contributed by atoms with van der Waals surface area (Å²) in [5.74, 6) is -0.572. The highest BCUT2D eigenvalue weighted by molar-refractivity contribution is 6.06. The van der Waals surface area contributed by atoms with E-state index in [1.807, 2.05) is 13.8 Å². The first-order valence-corrected chi connectivity index (χ1v) is 7.70. The van der Waals surface area contributed by atoms with Gasteiger partial charge in [0.25, 0.3) is 0 Å². The zero-order valence-electron chi connectivity index (χ0n) is 14.9. The molecule has 0 fully saturated rings.